The number of anilines is 1. The molecule has 0 spiro atoms. The maximum atomic E-state index is 12.7. The van der Waals surface area contributed by atoms with E-state index >= 15 is 0 Å². The van der Waals surface area contributed by atoms with Crippen LogP contribution < -0.4 is 10.6 Å². The number of hydrogen-bond acceptors (Lipinski definition) is 3. The number of amides is 2. The van der Waals surface area contributed by atoms with Crippen LogP contribution in [0.2, 0.25) is 0 Å². The fourth-order valence-electron chi connectivity index (χ4n) is 3.51. The van der Waals surface area contributed by atoms with E-state index in [0.717, 1.165) is 44.6 Å². The van der Waals surface area contributed by atoms with Crippen molar-refractivity contribution in [2.75, 3.05) is 24.5 Å². The summed E-state index contributed by atoms with van der Waals surface area (Å²) in [6, 6.07) is 7.54. The predicted octanol–water partition coefficient (Wildman–Crippen LogP) is 2.01. The molecule has 2 atom stereocenters. The van der Waals surface area contributed by atoms with E-state index in [-0.39, 0.29) is 17.9 Å². The average molecular weight is 315 g/mol. The van der Waals surface area contributed by atoms with Gasteiger partial charge < -0.3 is 15.5 Å². The molecule has 0 aromatic heterocycles. The van der Waals surface area contributed by atoms with Gasteiger partial charge in [0.2, 0.25) is 5.91 Å². The first-order valence-electron chi connectivity index (χ1n) is 8.51. The summed E-state index contributed by atoms with van der Waals surface area (Å²) in [7, 11) is 0. The zero-order chi connectivity index (χ0) is 16.4. The molecule has 2 N–H and O–H groups in total. The molecule has 2 aliphatic heterocycles. The van der Waals surface area contributed by atoms with Crippen LogP contribution in [0.25, 0.3) is 0 Å². The van der Waals surface area contributed by atoms with Crippen molar-refractivity contribution in [3.63, 3.8) is 0 Å². The molecule has 0 bridgehead atoms. The highest BCUT2D eigenvalue weighted by Gasteiger charge is 2.27. The minimum absolute atomic E-state index is 0.0645. The fourth-order valence-corrected chi connectivity index (χ4v) is 3.51. The Bertz CT molecular complexity index is 582. The number of carbonyl (C=O) groups excluding carboxylic acids is 2. The molecular weight excluding hydrogens is 290 g/mol. The van der Waals surface area contributed by atoms with Crippen molar-refractivity contribution in [3.05, 3.63) is 29.8 Å². The zero-order valence-corrected chi connectivity index (χ0v) is 13.7. The van der Waals surface area contributed by atoms with E-state index < -0.39 is 0 Å². The Morgan fingerprint density at radius 1 is 1.22 bits per heavy atom. The molecule has 2 unspecified atom stereocenters. The molecule has 124 valence electrons. The van der Waals surface area contributed by atoms with Crippen LogP contribution in [0.15, 0.2) is 24.3 Å². The maximum absolute atomic E-state index is 12.7. The van der Waals surface area contributed by atoms with Gasteiger partial charge in [-0.2, -0.15) is 0 Å². The van der Waals surface area contributed by atoms with Crippen molar-refractivity contribution in [2.45, 2.75) is 38.6 Å². The average Bonchev–Trinajstić information content (AvgIpc) is 3.00. The SMILES string of the molecule is CC(N)C1CCCN(C(=O)c2ccc(N3CCCC3=O)cc2)C1. The van der Waals surface area contributed by atoms with E-state index in [4.69, 9.17) is 5.73 Å². The second kappa shape index (κ2) is 6.71. The van der Waals surface area contributed by atoms with Crippen LogP contribution in [-0.4, -0.2) is 42.4 Å². The third kappa shape index (κ3) is 3.39. The molecule has 1 aromatic rings. The third-order valence-corrected chi connectivity index (χ3v) is 4.99. The number of likely N-dealkylation sites (tertiary alicyclic amines) is 1. The standard InChI is InChI=1S/C18H25N3O2/c1-13(19)15-4-2-10-20(12-15)18(23)14-6-8-16(9-7-14)21-11-3-5-17(21)22/h6-9,13,15H,2-5,10-12,19H2,1H3. The smallest absolute Gasteiger partial charge is 0.253 e. The lowest BCUT2D eigenvalue weighted by Crippen LogP contribution is -2.45. The Hall–Kier alpha value is -1.88. The Labute approximate surface area is 137 Å². The Balaban J connectivity index is 1.69. The monoisotopic (exact) mass is 315 g/mol. The van der Waals surface area contributed by atoms with Gasteiger partial charge in [-0.1, -0.05) is 0 Å². The summed E-state index contributed by atoms with van der Waals surface area (Å²) in [5.41, 5.74) is 7.57. The van der Waals surface area contributed by atoms with Gasteiger partial charge in [-0.25, -0.2) is 0 Å². The van der Waals surface area contributed by atoms with Crippen LogP contribution in [0.1, 0.15) is 43.0 Å². The van der Waals surface area contributed by atoms with Gasteiger partial charge in [0.1, 0.15) is 0 Å². The summed E-state index contributed by atoms with van der Waals surface area (Å²) in [6.07, 6.45) is 3.63. The number of rotatable bonds is 3. The van der Waals surface area contributed by atoms with Crippen molar-refractivity contribution in [2.24, 2.45) is 11.7 Å². The highest BCUT2D eigenvalue weighted by molar-refractivity contribution is 5.97. The van der Waals surface area contributed by atoms with E-state index in [1.165, 1.54) is 0 Å². The summed E-state index contributed by atoms with van der Waals surface area (Å²) in [4.78, 5) is 28.2. The number of piperidine rings is 1. The summed E-state index contributed by atoms with van der Waals surface area (Å²) in [5, 5.41) is 0. The number of hydrogen-bond donors (Lipinski definition) is 1. The minimum Gasteiger partial charge on any atom is -0.338 e. The van der Waals surface area contributed by atoms with E-state index in [2.05, 4.69) is 0 Å². The first-order valence-corrected chi connectivity index (χ1v) is 8.51. The second-order valence-electron chi connectivity index (χ2n) is 6.71. The van der Waals surface area contributed by atoms with Gasteiger partial charge in [-0.3, -0.25) is 9.59 Å². The van der Waals surface area contributed by atoms with Crippen molar-refractivity contribution in [1.29, 1.82) is 0 Å². The summed E-state index contributed by atoms with van der Waals surface area (Å²) in [6.45, 7) is 4.33. The van der Waals surface area contributed by atoms with Gasteiger partial charge >= 0.3 is 0 Å². The molecule has 5 nitrogen and oxygen atoms in total. The largest absolute Gasteiger partial charge is 0.338 e. The molecule has 2 aliphatic rings. The molecule has 2 amide bonds. The van der Waals surface area contributed by atoms with Crippen LogP contribution >= 0.6 is 0 Å². The highest BCUT2D eigenvalue weighted by atomic mass is 16.2. The maximum Gasteiger partial charge on any atom is 0.253 e. The molecule has 2 fully saturated rings. The molecule has 0 aliphatic carbocycles. The second-order valence-corrected chi connectivity index (χ2v) is 6.71. The quantitative estimate of drug-likeness (QED) is 0.928. The minimum atomic E-state index is 0.0645. The normalized spacial score (nSPS) is 23.2. The van der Waals surface area contributed by atoms with Crippen LogP contribution in [0.5, 0.6) is 0 Å². The number of benzene rings is 1. The Kier molecular flexibility index (Phi) is 4.66. The van der Waals surface area contributed by atoms with Gasteiger partial charge in [-0.15, -0.1) is 0 Å². The Morgan fingerprint density at radius 3 is 2.57 bits per heavy atom. The van der Waals surface area contributed by atoms with Crippen LogP contribution in [0, 0.1) is 5.92 Å². The van der Waals surface area contributed by atoms with Crippen molar-refractivity contribution < 1.29 is 9.59 Å². The van der Waals surface area contributed by atoms with Crippen LogP contribution in [0.4, 0.5) is 5.69 Å². The fraction of sp³-hybridized carbons (Fsp3) is 0.556. The lowest BCUT2D eigenvalue weighted by atomic mass is 9.92. The third-order valence-electron chi connectivity index (χ3n) is 4.99. The zero-order valence-electron chi connectivity index (χ0n) is 13.7. The molecule has 23 heavy (non-hydrogen) atoms. The molecule has 1 aromatic carbocycles. The molecule has 3 rings (SSSR count). The molecule has 0 saturated carbocycles. The van der Waals surface area contributed by atoms with Crippen molar-refractivity contribution in [1.82, 2.24) is 4.90 Å². The number of nitrogens with two attached hydrogens (primary N) is 1. The molecule has 2 heterocycles. The molecular formula is C18H25N3O2. The molecule has 5 heteroatoms. The van der Waals surface area contributed by atoms with E-state index in [0.29, 0.717) is 17.9 Å². The summed E-state index contributed by atoms with van der Waals surface area (Å²) < 4.78 is 0. The van der Waals surface area contributed by atoms with E-state index in [1.807, 2.05) is 36.1 Å². The number of carbonyl (C=O) groups is 2. The summed E-state index contributed by atoms with van der Waals surface area (Å²) >= 11 is 0. The predicted molar refractivity (Wildman–Crippen MR) is 90.3 cm³/mol. The van der Waals surface area contributed by atoms with Gasteiger partial charge in [0, 0.05) is 43.3 Å². The summed E-state index contributed by atoms with van der Waals surface area (Å²) in [5.74, 6) is 0.615. The van der Waals surface area contributed by atoms with E-state index in [1.54, 1.807) is 4.90 Å². The Morgan fingerprint density at radius 2 is 1.96 bits per heavy atom. The first kappa shape index (κ1) is 16.0. The van der Waals surface area contributed by atoms with Crippen LogP contribution in [-0.2, 0) is 4.79 Å². The lowest BCUT2D eigenvalue weighted by Gasteiger charge is -2.34. The van der Waals surface area contributed by atoms with Gasteiger partial charge in [-0.05, 0) is 56.4 Å². The van der Waals surface area contributed by atoms with Gasteiger partial charge in [0.05, 0.1) is 0 Å². The lowest BCUT2D eigenvalue weighted by molar-refractivity contribution is -0.117. The van der Waals surface area contributed by atoms with Crippen molar-refractivity contribution in [3.8, 4) is 0 Å². The molecule has 2 saturated heterocycles. The van der Waals surface area contributed by atoms with E-state index in [9.17, 15) is 9.59 Å². The van der Waals surface area contributed by atoms with Gasteiger partial charge in [0.25, 0.3) is 5.91 Å². The highest BCUT2D eigenvalue weighted by Crippen LogP contribution is 2.24. The topological polar surface area (TPSA) is 66.6 Å². The first-order chi connectivity index (χ1) is 11.1. The van der Waals surface area contributed by atoms with Crippen molar-refractivity contribution >= 4 is 17.5 Å². The van der Waals surface area contributed by atoms with Crippen LogP contribution in [0.3, 0.4) is 0 Å². The molecule has 0 radical (unpaired) electrons. The van der Waals surface area contributed by atoms with Gasteiger partial charge in [0.15, 0.2) is 0 Å². The number of nitrogens with zero attached hydrogens (tertiary/aromatic N) is 2.